The maximum absolute atomic E-state index is 13.0. The van der Waals surface area contributed by atoms with Gasteiger partial charge in [-0.25, -0.2) is 8.78 Å². The molecule has 1 aromatic rings. The van der Waals surface area contributed by atoms with E-state index in [1.165, 1.54) is 6.07 Å². The van der Waals surface area contributed by atoms with Crippen molar-refractivity contribution in [1.29, 1.82) is 0 Å². The zero-order chi connectivity index (χ0) is 13.5. The number of hydrogen-bond acceptors (Lipinski definition) is 2. The molecule has 0 spiro atoms. The maximum Gasteiger partial charge on any atom is 0.234 e. The van der Waals surface area contributed by atoms with E-state index in [-0.39, 0.29) is 18.5 Å². The summed E-state index contributed by atoms with van der Waals surface area (Å²) in [6, 6.07) is 3.19. The molecule has 98 valence electrons. The number of halogens is 2. The van der Waals surface area contributed by atoms with Gasteiger partial charge in [-0.05, 0) is 24.6 Å². The van der Waals surface area contributed by atoms with Crippen LogP contribution in [-0.2, 0) is 4.79 Å². The van der Waals surface area contributed by atoms with Gasteiger partial charge in [0.05, 0.1) is 12.6 Å². The lowest BCUT2D eigenvalue weighted by molar-refractivity contribution is -0.120. The Labute approximate surface area is 105 Å². The van der Waals surface area contributed by atoms with Crippen LogP contribution < -0.4 is 10.6 Å². The summed E-state index contributed by atoms with van der Waals surface area (Å²) in [5, 5.41) is 5.52. The van der Waals surface area contributed by atoms with Crippen LogP contribution in [0.15, 0.2) is 30.9 Å². The van der Waals surface area contributed by atoms with Gasteiger partial charge in [0.25, 0.3) is 0 Å². The second-order valence-corrected chi connectivity index (χ2v) is 3.88. The van der Waals surface area contributed by atoms with Crippen molar-refractivity contribution in [3.63, 3.8) is 0 Å². The van der Waals surface area contributed by atoms with Crippen molar-refractivity contribution in [1.82, 2.24) is 10.6 Å². The van der Waals surface area contributed by atoms with E-state index in [1.807, 2.05) is 0 Å². The van der Waals surface area contributed by atoms with E-state index in [9.17, 15) is 13.6 Å². The molecule has 1 atom stereocenters. The van der Waals surface area contributed by atoms with Crippen molar-refractivity contribution in [2.75, 3.05) is 13.1 Å². The molecule has 1 aromatic carbocycles. The molecule has 0 aromatic heterocycles. The van der Waals surface area contributed by atoms with Crippen LogP contribution >= 0.6 is 0 Å². The Morgan fingerprint density at radius 1 is 1.44 bits per heavy atom. The predicted molar refractivity (Wildman–Crippen MR) is 66.0 cm³/mol. The third-order valence-electron chi connectivity index (χ3n) is 2.40. The van der Waals surface area contributed by atoms with Crippen molar-refractivity contribution in [3.8, 4) is 0 Å². The van der Waals surface area contributed by atoms with Gasteiger partial charge in [0.15, 0.2) is 11.6 Å². The summed E-state index contributed by atoms with van der Waals surface area (Å²) in [6.07, 6.45) is 1.64. The lowest BCUT2D eigenvalue weighted by atomic mass is 10.1. The largest absolute Gasteiger partial charge is 0.348 e. The fourth-order valence-corrected chi connectivity index (χ4v) is 1.45. The Hall–Kier alpha value is -1.75. The molecule has 5 heteroatoms. The molecule has 0 fully saturated rings. The van der Waals surface area contributed by atoms with Crippen molar-refractivity contribution in [3.05, 3.63) is 48.1 Å². The minimum absolute atomic E-state index is 0.153. The third-order valence-corrected chi connectivity index (χ3v) is 2.40. The van der Waals surface area contributed by atoms with Crippen LogP contribution in [0.2, 0.25) is 0 Å². The van der Waals surface area contributed by atoms with E-state index in [2.05, 4.69) is 17.2 Å². The first kappa shape index (κ1) is 14.3. The maximum atomic E-state index is 13.0. The van der Waals surface area contributed by atoms with E-state index in [1.54, 1.807) is 13.0 Å². The summed E-state index contributed by atoms with van der Waals surface area (Å²) in [6.45, 7) is 5.91. The second-order valence-electron chi connectivity index (χ2n) is 3.88. The number of benzene rings is 1. The normalized spacial score (nSPS) is 11.9. The summed E-state index contributed by atoms with van der Waals surface area (Å²) in [5.74, 6) is -2.03. The van der Waals surface area contributed by atoms with Gasteiger partial charge in [-0.2, -0.15) is 0 Å². The SMILES string of the molecule is C=CCNCC(=O)NC(C)c1ccc(F)c(F)c1. The van der Waals surface area contributed by atoms with E-state index in [4.69, 9.17) is 0 Å². The molecule has 0 radical (unpaired) electrons. The Bertz CT molecular complexity index is 435. The van der Waals surface area contributed by atoms with Gasteiger partial charge in [-0.3, -0.25) is 4.79 Å². The quantitative estimate of drug-likeness (QED) is 0.601. The zero-order valence-electron chi connectivity index (χ0n) is 10.2. The molecule has 3 nitrogen and oxygen atoms in total. The monoisotopic (exact) mass is 254 g/mol. The van der Waals surface area contributed by atoms with Gasteiger partial charge in [0.2, 0.25) is 5.91 Å². The molecule has 0 aliphatic heterocycles. The second kappa shape index (κ2) is 6.86. The van der Waals surface area contributed by atoms with Crippen LogP contribution in [0.4, 0.5) is 8.78 Å². The fourth-order valence-electron chi connectivity index (χ4n) is 1.45. The fraction of sp³-hybridized carbons (Fsp3) is 0.308. The Morgan fingerprint density at radius 2 is 2.17 bits per heavy atom. The van der Waals surface area contributed by atoms with Gasteiger partial charge in [-0.1, -0.05) is 12.1 Å². The molecule has 0 bridgehead atoms. The van der Waals surface area contributed by atoms with E-state index in [0.29, 0.717) is 12.1 Å². The lowest BCUT2D eigenvalue weighted by Gasteiger charge is -2.14. The topological polar surface area (TPSA) is 41.1 Å². The standard InChI is InChI=1S/C13H16F2N2O/c1-3-6-16-8-13(18)17-9(2)10-4-5-11(14)12(15)7-10/h3-5,7,9,16H,1,6,8H2,2H3,(H,17,18). The number of carbonyl (C=O) groups is 1. The lowest BCUT2D eigenvalue weighted by Crippen LogP contribution is -2.35. The average Bonchev–Trinajstić information content (AvgIpc) is 2.33. The molecular formula is C13H16F2N2O. The zero-order valence-corrected chi connectivity index (χ0v) is 10.2. The highest BCUT2D eigenvalue weighted by molar-refractivity contribution is 5.78. The summed E-state index contributed by atoms with van der Waals surface area (Å²) >= 11 is 0. The number of rotatable bonds is 6. The predicted octanol–water partition coefficient (Wildman–Crippen LogP) is 1.92. The molecule has 0 aliphatic rings. The molecule has 0 saturated heterocycles. The summed E-state index contributed by atoms with van der Waals surface area (Å²) < 4.78 is 25.8. The van der Waals surface area contributed by atoms with Crippen molar-refractivity contribution >= 4 is 5.91 Å². The van der Waals surface area contributed by atoms with Gasteiger partial charge < -0.3 is 10.6 Å². The highest BCUT2D eigenvalue weighted by atomic mass is 19.2. The molecule has 1 rings (SSSR count). The number of nitrogens with one attached hydrogen (secondary N) is 2. The van der Waals surface area contributed by atoms with Gasteiger partial charge in [-0.15, -0.1) is 6.58 Å². The van der Waals surface area contributed by atoms with Crippen molar-refractivity contribution in [2.45, 2.75) is 13.0 Å². The number of amides is 1. The van der Waals surface area contributed by atoms with Gasteiger partial charge in [0, 0.05) is 6.54 Å². The first-order valence-corrected chi connectivity index (χ1v) is 5.60. The minimum Gasteiger partial charge on any atom is -0.348 e. The highest BCUT2D eigenvalue weighted by Crippen LogP contribution is 2.15. The Morgan fingerprint density at radius 3 is 2.78 bits per heavy atom. The molecule has 1 amide bonds. The third kappa shape index (κ3) is 4.25. The van der Waals surface area contributed by atoms with Crippen LogP contribution in [0.3, 0.4) is 0 Å². The smallest absolute Gasteiger partial charge is 0.234 e. The van der Waals surface area contributed by atoms with E-state index >= 15 is 0 Å². The van der Waals surface area contributed by atoms with Crippen LogP contribution in [0.1, 0.15) is 18.5 Å². The van der Waals surface area contributed by atoms with Crippen LogP contribution in [-0.4, -0.2) is 19.0 Å². The van der Waals surface area contributed by atoms with Gasteiger partial charge >= 0.3 is 0 Å². The molecule has 18 heavy (non-hydrogen) atoms. The molecule has 1 unspecified atom stereocenters. The Balaban J connectivity index is 2.53. The van der Waals surface area contributed by atoms with Crippen LogP contribution in [0, 0.1) is 11.6 Å². The summed E-state index contributed by atoms with van der Waals surface area (Å²) in [4.78, 5) is 11.5. The molecule has 0 heterocycles. The number of carbonyl (C=O) groups excluding carboxylic acids is 1. The van der Waals surface area contributed by atoms with Crippen molar-refractivity contribution < 1.29 is 13.6 Å². The first-order valence-electron chi connectivity index (χ1n) is 5.60. The summed E-state index contributed by atoms with van der Waals surface area (Å²) in [5.41, 5.74) is 0.519. The highest BCUT2D eigenvalue weighted by Gasteiger charge is 2.11. The number of hydrogen-bond donors (Lipinski definition) is 2. The van der Waals surface area contributed by atoms with E-state index in [0.717, 1.165) is 12.1 Å². The molecule has 2 N–H and O–H groups in total. The average molecular weight is 254 g/mol. The van der Waals surface area contributed by atoms with Crippen LogP contribution in [0.25, 0.3) is 0 Å². The minimum atomic E-state index is -0.918. The molecule has 0 saturated carbocycles. The Kier molecular flexibility index (Phi) is 5.45. The van der Waals surface area contributed by atoms with Gasteiger partial charge in [0.1, 0.15) is 0 Å². The first-order chi connectivity index (χ1) is 8.54. The van der Waals surface area contributed by atoms with Crippen LogP contribution in [0.5, 0.6) is 0 Å². The molecule has 0 aliphatic carbocycles. The van der Waals surface area contributed by atoms with E-state index < -0.39 is 11.6 Å². The van der Waals surface area contributed by atoms with Crippen molar-refractivity contribution in [2.24, 2.45) is 0 Å². The molecular weight excluding hydrogens is 238 g/mol. The summed E-state index contributed by atoms with van der Waals surface area (Å²) in [7, 11) is 0.